The average molecular weight is 293 g/mol. The third kappa shape index (κ3) is 2.23. The molecule has 0 radical (unpaired) electrons. The third-order valence-electron chi connectivity index (χ3n) is 3.28. The summed E-state index contributed by atoms with van der Waals surface area (Å²) in [7, 11) is 1.78. The van der Waals surface area contributed by atoms with Crippen molar-refractivity contribution in [2.75, 3.05) is 5.32 Å². The zero-order chi connectivity index (χ0) is 15.7. The number of benzene rings is 1. The summed E-state index contributed by atoms with van der Waals surface area (Å²) < 4.78 is 1.66. The molecule has 0 fully saturated rings. The minimum atomic E-state index is -1.05. The molecule has 3 rings (SSSR count). The number of fused-ring (bicyclic) bond motifs is 1. The Morgan fingerprint density at radius 3 is 2.95 bits per heavy atom. The van der Waals surface area contributed by atoms with Crippen LogP contribution in [0.25, 0.3) is 10.9 Å². The average Bonchev–Trinajstić information content (AvgIpc) is 2.83. The first-order chi connectivity index (χ1) is 10.6. The van der Waals surface area contributed by atoms with E-state index < -0.39 is 5.97 Å². The Hall–Kier alpha value is -3.40. The molecule has 2 aromatic heterocycles. The van der Waals surface area contributed by atoms with Gasteiger partial charge in [-0.2, -0.15) is 10.4 Å². The van der Waals surface area contributed by atoms with Crippen LogP contribution in [0.4, 0.5) is 11.5 Å². The molecular formula is C15H11N5O2. The lowest BCUT2D eigenvalue weighted by Gasteiger charge is -2.06. The predicted molar refractivity (Wildman–Crippen MR) is 79.9 cm³/mol. The molecule has 7 nitrogen and oxygen atoms in total. The normalized spacial score (nSPS) is 10.4. The van der Waals surface area contributed by atoms with Gasteiger partial charge in [0.05, 0.1) is 34.6 Å². The molecule has 0 aliphatic rings. The molecule has 0 spiro atoms. The lowest BCUT2D eigenvalue weighted by atomic mass is 10.1. The van der Waals surface area contributed by atoms with Gasteiger partial charge in [0, 0.05) is 18.6 Å². The van der Waals surface area contributed by atoms with E-state index in [1.54, 1.807) is 29.9 Å². The van der Waals surface area contributed by atoms with Gasteiger partial charge in [-0.3, -0.25) is 9.67 Å². The molecule has 0 aliphatic carbocycles. The summed E-state index contributed by atoms with van der Waals surface area (Å²) in [6.45, 7) is 0. The molecule has 7 heteroatoms. The fourth-order valence-corrected chi connectivity index (χ4v) is 2.24. The Morgan fingerprint density at radius 1 is 1.41 bits per heavy atom. The third-order valence-corrected chi connectivity index (χ3v) is 3.28. The van der Waals surface area contributed by atoms with Crippen LogP contribution in [0.5, 0.6) is 0 Å². The van der Waals surface area contributed by atoms with Crippen LogP contribution in [0.1, 0.15) is 15.9 Å². The summed E-state index contributed by atoms with van der Waals surface area (Å²) in [5, 5.41) is 26.3. The highest BCUT2D eigenvalue weighted by atomic mass is 16.4. The highest BCUT2D eigenvalue weighted by molar-refractivity contribution is 5.98. The van der Waals surface area contributed by atoms with Crippen LogP contribution < -0.4 is 5.32 Å². The second kappa shape index (κ2) is 5.18. The predicted octanol–water partition coefficient (Wildman–Crippen LogP) is 2.28. The van der Waals surface area contributed by atoms with E-state index in [1.807, 2.05) is 0 Å². The van der Waals surface area contributed by atoms with Crippen LogP contribution in [-0.4, -0.2) is 25.8 Å². The van der Waals surface area contributed by atoms with Crippen LogP contribution in [-0.2, 0) is 7.05 Å². The number of aryl methyl sites for hydroxylation is 1. The second-order valence-corrected chi connectivity index (χ2v) is 4.67. The van der Waals surface area contributed by atoms with Gasteiger partial charge in [0.2, 0.25) is 0 Å². The van der Waals surface area contributed by atoms with Gasteiger partial charge >= 0.3 is 5.97 Å². The van der Waals surface area contributed by atoms with Gasteiger partial charge in [0.15, 0.2) is 5.82 Å². The minimum absolute atomic E-state index is 0.102. The maximum Gasteiger partial charge on any atom is 0.337 e. The Morgan fingerprint density at radius 2 is 2.23 bits per heavy atom. The van der Waals surface area contributed by atoms with Crippen molar-refractivity contribution in [1.82, 2.24) is 14.8 Å². The van der Waals surface area contributed by atoms with Gasteiger partial charge < -0.3 is 10.4 Å². The largest absolute Gasteiger partial charge is 0.478 e. The fourth-order valence-electron chi connectivity index (χ4n) is 2.24. The van der Waals surface area contributed by atoms with E-state index in [9.17, 15) is 9.90 Å². The molecule has 0 amide bonds. The number of aromatic nitrogens is 3. The Kier molecular flexibility index (Phi) is 3.20. The Bertz CT molecular complexity index is 923. The Labute approximate surface area is 125 Å². The zero-order valence-electron chi connectivity index (χ0n) is 11.6. The van der Waals surface area contributed by atoms with Gasteiger partial charge in [0.1, 0.15) is 0 Å². The van der Waals surface area contributed by atoms with Crippen LogP contribution >= 0.6 is 0 Å². The summed E-state index contributed by atoms with van der Waals surface area (Å²) in [4.78, 5) is 15.2. The van der Waals surface area contributed by atoms with E-state index in [1.165, 1.54) is 18.5 Å². The van der Waals surface area contributed by atoms with E-state index >= 15 is 0 Å². The molecular weight excluding hydrogens is 282 g/mol. The SMILES string of the molecule is Cn1nc(Nc2cnccc2C(=O)O)c2cc(C#N)ccc21. The van der Waals surface area contributed by atoms with Gasteiger partial charge in [-0.05, 0) is 24.3 Å². The number of pyridine rings is 1. The number of rotatable bonds is 3. The maximum atomic E-state index is 11.2. The number of nitrogens with zero attached hydrogens (tertiary/aromatic N) is 4. The van der Waals surface area contributed by atoms with E-state index in [2.05, 4.69) is 21.5 Å². The first-order valence-electron chi connectivity index (χ1n) is 6.41. The summed E-state index contributed by atoms with van der Waals surface area (Å²) in [5.41, 5.74) is 1.79. The lowest BCUT2D eigenvalue weighted by molar-refractivity contribution is 0.0698. The lowest BCUT2D eigenvalue weighted by Crippen LogP contribution is -2.03. The van der Waals surface area contributed by atoms with Crippen molar-refractivity contribution >= 4 is 28.4 Å². The van der Waals surface area contributed by atoms with E-state index in [-0.39, 0.29) is 5.56 Å². The summed E-state index contributed by atoms with van der Waals surface area (Å²) in [5.74, 6) is -0.576. The smallest absolute Gasteiger partial charge is 0.337 e. The summed E-state index contributed by atoms with van der Waals surface area (Å²) >= 11 is 0. The number of carboxylic acid groups (broad SMARTS) is 1. The molecule has 108 valence electrons. The monoisotopic (exact) mass is 293 g/mol. The highest BCUT2D eigenvalue weighted by Crippen LogP contribution is 2.27. The zero-order valence-corrected chi connectivity index (χ0v) is 11.6. The molecule has 0 atom stereocenters. The van der Waals surface area contributed by atoms with E-state index in [0.29, 0.717) is 17.1 Å². The number of hydrogen-bond acceptors (Lipinski definition) is 5. The number of nitriles is 1. The summed E-state index contributed by atoms with van der Waals surface area (Å²) in [6.07, 6.45) is 2.84. The van der Waals surface area contributed by atoms with E-state index in [0.717, 1.165) is 10.9 Å². The number of nitrogens with one attached hydrogen (secondary N) is 1. The van der Waals surface area contributed by atoms with Crippen molar-refractivity contribution in [2.45, 2.75) is 0 Å². The number of carboxylic acids is 1. The van der Waals surface area contributed by atoms with Gasteiger partial charge in [-0.25, -0.2) is 4.79 Å². The Balaban J connectivity index is 2.12. The molecule has 0 aliphatic heterocycles. The molecule has 0 saturated heterocycles. The first kappa shape index (κ1) is 13.6. The number of carbonyl (C=O) groups is 1. The van der Waals surface area contributed by atoms with Crippen LogP contribution in [0, 0.1) is 11.3 Å². The second-order valence-electron chi connectivity index (χ2n) is 4.67. The van der Waals surface area contributed by atoms with Crippen LogP contribution in [0.15, 0.2) is 36.7 Å². The van der Waals surface area contributed by atoms with Gasteiger partial charge in [0.25, 0.3) is 0 Å². The fraction of sp³-hybridized carbons (Fsp3) is 0.0667. The highest BCUT2D eigenvalue weighted by Gasteiger charge is 2.14. The number of hydrogen-bond donors (Lipinski definition) is 2. The topological polar surface area (TPSA) is 104 Å². The van der Waals surface area contributed by atoms with Crippen molar-refractivity contribution in [3.05, 3.63) is 47.8 Å². The summed E-state index contributed by atoms with van der Waals surface area (Å²) in [6, 6.07) is 8.71. The molecule has 0 bridgehead atoms. The number of anilines is 2. The molecule has 22 heavy (non-hydrogen) atoms. The minimum Gasteiger partial charge on any atom is -0.478 e. The van der Waals surface area contributed by atoms with Gasteiger partial charge in [-0.1, -0.05) is 0 Å². The molecule has 0 saturated carbocycles. The molecule has 1 aromatic carbocycles. The first-order valence-corrected chi connectivity index (χ1v) is 6.41. The standard InChI is InChI=1S/C15H11N5O2/c1-20-13-3-2-9(7-16)6-11(13)14(19-20)18-12-8-17-5-4-10(12)15(21)22/h2-6,8H,1H3,(H,18,19)(H,21,22). The number of aromatic carboxylic acids is 1. The van der Waals surface area contributed by atoms with Crippen LogP contribution in [0.2, 0.25) is 0 Å². The van der Waals surface area contributed by atoms with E-state index in [4.69, 9.17) is 5.26 Å². The van der Waals surface area contributed by atoms with Crippen molar-refractivity contribution in [3.63, 3.8) is 0 Å². The van der Waals surface area contributed by atoms with Crippen molar-refractivity contribution in [1.29, 1.82) is 5.26 Å². The van der Waals surface area contributed by atoms with Gasteiger partial charge in [-0.15, -0.1) is 0 Å². The molecule has 3 aromatic rings. The van der Waals surface area contributed by atoms with Crippen molar-refractivity contribution < 1.29 is 9.90 Å². The van der Waals surface area contributed by atoms with Crippen molar-refractivity contribution in [3.8, 4) is 6.07 Å². The molecule has 2 N–H and O–H groups in total. The quantitative estimate of drug-likeness (QED) is 0.767. The molecule has 0 unspecified atom stereocenters. The molecule has 2 heterocycles. The van der Waals surface area contributed by atoms with Crippen LogP contribution in [0.3, 0.4) is 0 Å². The van der Waals surface area contributed by atoms with Crippen molar-refractivity contribution in [2.24, 2.45) is 7.05 Å². The maximum absolute atomic E-state index is 11.2.